The van der Waals surface area contributed by atoms with Crippen molar-refractivity contribution in [3.05, 3.63) is 119 Å². The first-order valence-electron chi connectivity index (χ1n) is 13.5. The largest absolute Gasteiger partial charge is 0.459 e. The molecule has 5 nitrogen and oxygen atoms in total. The molecule has 0 aliphatic heterocycles. The Hall–Kier alpha value is -3.94. The van der Waals surface area contributed by atoms with Crippen LogP contribution in [0.4, 0.5) is 8.78 Å². The Bertz CT molecular complexity index is 1450. The molecule has 0 fully saturated rings. The molecule has 0 spiro atoms. The summed E-state index contributed by atoms with van der Waals surface area (Å²) in [6, 6.07) is 23.8. The number of carbonyl (C=O) groups excluding carboxylic acids is 2. The number of Topliss-reactive ketones (excluding diaryl/α,β-unsaturated/α-hetero) is 1. The molecule has 2 atom stereocenters. The summed E-state index contributed by atoms with van der Waals surface area (Å²) in [5.74, 6) is -2.11. The molecule has 0 saturated heterocycles. The number of carbonyl (C=O) groups is 2. The van der Waals surface area contributed by atoms with Crippen LogP contribution in [0.15, 0.2) is 84.9 Å². The number of esters is 1. The highest BCUT2D eigenvalue weighted by atomic mass is 19.1. The number of rotatable bonds is 13. The van der Waals surface area contributed by atoms with E-state index in [4.69, 9.17) is 10.5 Å². The van der Waals surface area contributed by atoms with Crippen LogP contribution in [0.25, 0.3) is 10.8 Å². The number of fused-ring (bicyclic) bond motifs is 1. The number of hydrogen-bond donors (Lipinski definition) is 2. The van der Waals surface area contributed by atoms with E-state index in [2.05, 4.69) is 24.4 Å². The summed E-state index contributed by atoms with van der Waals surface area (Å²) in [4.78, 5) is 25.6. The third-order valence-electron chi connectivity index (χ3n) is 6.86. The molecule has 0 aliphatic rings. The van der Waals surface area contributed by atoms with Crippen molar-refractivity contribution in [2.24, 2.45) is 5.73 Å². The summed E-state index contributed by atoms with van der Waals surface area (Å²) in [7, 11) is 0. The van der Waals surface area contributed by atoms with E-state index in [0.717, 1.165) is 28.8 Å². The van der Waals surface area contributed by atoms with E-state index in [1.807, 2.05) is 48.5 Å². The van der Waals surface area contributed by atoms with Crippen molar-refractivity contribution in [1.82, 2.24) is 5.32 Å². The van der Waals surface area contributed by atoms with E-state index in [-0.39, 0.29) is 31.6 Å². The average Bonchev–Trinajstić information content (AvgIpc) is 2.94. The lowest BCUT2D eigenvalue weighted by Gasteiger charge is -2.25. The highest BCUT2D eigenvalue weighted by Gasteiger charge is 2.23. The average molecular weight is 545 g/mol. The quantitative estimate of drug-likeness (QED) is 0.161. The maximum atomic E-state index is 13.7. The second kappa shape index (κ2) is 13.9. The van der Waals surface area contributed by atoms with Crippen LogP contribution in [0.2, 0.25) is 0 Å². The van der Waals surface area contributed by atoms with Gasteiger partial charge in [0.1, 0.15) is 17.7 Å². The van der Waals surface area contributed by atoms with Gasteiger partial charge in [-0.15, -0.1) is 0 Å². The minimum atomic E-state index is -0.774. The monoisotopic (exact) mass is 544 g/mol. The molecule has 0 amide bonds. The minimum Gasteiger partial charge on any atom is -0.459 e. The summed E-state index contributed by atoms with van der Waals surface area (Å²) >= 11 is 0. The third kappa shape index (κ3) is 8.28. The standard InChI is InChI=1S/C33H34F2N2O3/c1-2-22-6-5-7-23(14-22)20-37-21-32(30(36)17-24-15-28(34)19-29(35)16-24)40-33(39)13-12-31(38)27-11-10-25-8-3-4-9-26(25)18-27/h3-11,14-16,18-19,30,32,37H,2,12-13,17,20-21,36H2,1H3/t30-,32+/m0/s1. The molecule has 3 N–H and O–H groups in total. The fourth-order valence-electron chi connectivity index (χ4n) is 4.68. The molecule has 7 heteroatoms. The van der Waals surface area contributed by atoms with E-state index in [1.165, 1.54) is 17.7 Å². The highest BCUT2D eigenvalue weighted by molar-refractivity contribution is 6.00. The molecule has 0 bridgehead atoms. The number of nitrogens with one attached hydrogen (secondary N) is 1. The zero-order valence-corrected chi connectivity index (χ0v) is 22.5. The van der Waals surface area contributed by atoms with Crippen molar-refractivity contribution in [2.75, 3.05) is 6.54 Å². The van der Waals surface area contributed by atoms with Gasteiger partial charge in [0.05, 0.1) is 6.42 Å². The Morgan fingerprint density at radius 3 is 2.30 bits per heavy atom. The van der Waals surface area contributed by atoms with Crippen molar-refractivity contribution in [3.63, 3.8) is 0 Å². The smallest absolute Gasteiger partial charge is 0.306 e. The third-order valence-corrected chi connectivity index (χ3v) is 6.86. The van der Waals surface area contributed by atoms with E-state index < -0.39 is 29.7 Å². The van der Waals surface area contributed by atoms with Crippen LogP contribution in [0.3, 0.4) is 0 Å². The molecule has 4 aromatic rings. The first-order chi connectivity index (χ1) is 19.3. The molecule has 0 heterocycles. The fraction of sp³-hybridized carbons (Fsp3) is 0.273. The van der Waals surface area contributed by atoms with Gasteiger partial charge in [-0.3, -0.25) is 9.59 Å². The van der Waals surface area contributed by atoms with E-state index in [0.29, 0.717) is 17.7 Å². The van der Waals surface area contributed by atoms with Gasteiger partial charge in [0.25, 0.3) is 0 Å². The Labute approximate surface area is 233 Å². The van der Waals surface area contributed by atoms with E-state index in [1.54, 1.807) is 6.07 Å². The van der Waals surface area contributed by atoms with Crippen molar-refractivity contribution < 1.29 is 23.1 Å². The number of benzene rings is 4. The van der Waals surface area contributed by atoms with Crippen LogP contribution < -0.4 is 11.1 Å². The van der Waals surface area contributed by atoms with Gasteiger partial charge < -0.3 is 15.8 Å². The van der Waals surface area contributed by atoms with Gasteiger partial charge in [-0.2, -0.15) is 0 Å². The predicted octanol–water partition coefficient (Wildman–Crippen LogP) is 5.91. The van der Waals surface area contributed by atoms with Crippen molar-refractivity contribution in [1.29, 1.82) is 0 Å². The van der Waals surface area contributed by atoms with Gasteiger partial charge in [-0.05, 0) is 58.5 Å². The van der Waals surface area contributed by atoms with Crippen LogP contribution in [-0.4, -0.2) is 30.4 Å². The number of aryl methyl sites for hydroxylation is 1. The first kappa shape index (κ1) is 29.1. The van der Waals surface area contributed by atoms with Gasteiger partial charge in [0, 0.05) is 37.2 Å². The van der Waals surface area contributed by atoms with Crippen molar-refractivity contribution in [2.45, 2.75) is 51.3 Å². The maximum Gasteiger partial charge on any atom is 0.306 e. The second-order valence-corrected chi connectivity index (χ2v) is 9.96. The maximum absolute atomic E-state index is 13.7. The molecule has 0 aromatic heterocycles. The predicted molar refractivity (Wildman–Crippen MR) is 153 cm³/mol. The Kier molecular flexibility index (Phi) is 10.1. The van der Waals surface area contributed by atoms with Gasteiger partial charge in [0.2, 0.25) is 0 Å². The number of nitrogens with two attached hydrogens (primary N) is 1. The van der Waals surface area contributed by atoms with Crippen LogP contribution in [0, 0.1) is 11.6 Å². The van der Waals surface area contributed by atoms with E-state index in [9.17, 15) is 18.4 Å². The zero-order valence-electron chi connectivity index (χ0n) is 22.5. The van der Waals surface area contributed by atoms with Gasteiger partial charge in [0.15, 0.2) is 5.78 Å². The molecule has 0 radical (unpaired) electrons. The topological polar surface area (TPSA) is 81.4 Å². The normalized spacial score (nSPS) is 12.7. The number of halogens is 2. The van der Waals surface area contributed by atoms with Crippen LogP contribution in [-0.2, 0) is 28.9 Å². The summed E-state index contributed by atoms with van der Waals surface area (Å²) in [6.07, 6.45) is 0.133. The first-order valence-corrected chi connectivity index (χ1v) is 13.5. The number of ketones is 1. The summed E-state index contributed by atoms with van der Waals surface area (Å²) in [6.45, 7) is 2.85. The molecule has 0 aliphatic carbocycles. The number of ether oxygens (including phenoxy) is 1. The van der Waals surface area contributed by atoms with Crippen LogP contribution in [0.1, 0.15) is 46.8 Å². The molecule has 0 unspecified atom stereocenters. The van der Waals surface area contributed by atoms with Gasteiger partial charge in [-0.1, -0.05) is 67.6 Å². The molecular formula is C33H34F2N2O3. The van der Waals surface area contributed by atoms with Crippen LogP contribution >= 0.6 is 0 Å². The minimum absolute atomic E-state index is 0.00845. The molecule has 4 rings (SSSR count). The summed E-state index contributed by atoms with van der Waals surface area (Å²) in [5, 5.41) is 5.26. The summed E-state index contributed by atoms with van der Waals surface area (Å²) in [5.41, 5.74) is 9.58. The summed E-state index contributed by atoms with van der Waals surface area (Å²) < 4.78 is 33.2. The lowest BCUT2D eigenvalue weighted by Crippen LogP contribution is -2.46. The Balaban J connectivity index is 1.38. The second-order valence-electron chi connectivity index (χ2n) is 9.96. The molecule has 40 heavy (non-hydrogen) atoms. The molecule has 0 saturated carbocycles. The zero-order chi connectivity index (χ0) is 28.5. The lowest BCUT2D eigenvalue weighted by molar-refractivity contribution is -0.149. The molecular weight excluding hydrogens is 510 g/mol. The fourth-order valence-corrected chi connectivity index (χ4v) is 4.68. The van der Waals surface area contributed by atoms with Crippen molar-refractivity contribution >= 4 is 22.5 Å². The Morgan fingerprint density at radius 1 is 0.825 bits per heavy atom. The molecule has 4 aromatic carbocycles. The molecule has 208 valence electrons. The van der Waals surface area contributed by atoms with Gasteiger partial charge in [-0.25, -0.2) is 8.78 Å². The van der Waals surface area contributed by atoms with Crippen molar-refractivity contribution in [3.8, 4) is 0 Å². The Morgan fingerprint density at radius 2 is 1.55 bits per heavy atom. The van der Waals surface area contributed by atoms with E-state index >= 15 is 0 Å². The number of hydrogen-bond acceptors (Lipinski definition) is 5. The highest BCUT2D eigenvalue weighted by Crippen LogP contribution is 2.18. The SMILES string of the molecule is CCc1cccc(CNC[C@@H](OC(=O)CCC(=O)c2ccc3ccccc3c2)[C@@H](N)Cc2cc(F)cc(F)c2)c1. The lowest BCUT2D eigenvalue weighted by atomic mass is 10.0. The van der Waals surface area contributed by atoms with Crippen LogP contribution in [0.5, 0.6) is 0 Å². The van der Waals surface area contributed by atoms with Gasteiger partial charge >= 0.3 is 5.97 Å².